The molecule has 0 aliphatic rings. The Hall–Kier alpha value is -2.04. The van der Waals surface area contributed by atoms with Gasteiger partial charge in [-0.3, -0.25) is 0 Å². The number of hydrogen-bond donors (Lipinski definition) is 0. The van der Waals surface area contributed by atoms with Crippen molar-refractivity contribution in [3.63, 3.8) is 0 Å². The average Bonchev–Trinajstić information content (AvgIpc) is 2.79. The van der Waals surface area contributed by atoms with Crippen molar-refractivity contribution in [3.05, 3.63) is 59.7 Å². The van der Waals surface area contributed by atoms with E-state index in [1.807, 2.05) is 24.3 Å². The Balaban J connectivity index is 2.27. The van der Waals surface area contributed by atoms with Gasteiger partial charge in [-0.15, -0.1) is 0 Å². The smallest absolute Gasteiger partial charge is 0.123 e. The number of unbranched alkanes of at least 4 members (excludes halogenated alkanes) is 2. The Morgan fingerprint density at radius 2 is 0.933 bits per heavy atom. The fourth-order valence-electron chi connectivity index (χ4n) is 3.58. The van der Waals surface area contributed by atoms with Crippen molar-refractivity contribution in [3.8, 4) is 11.5 Å². The number of ether oxygens (including phenoxy) is 4. The molecule has 0 heterocycles. The summed E-state index contributed by atoms with van der Waals surface area (Å²) in [6.07, 6.45) is 4.35. The summed E-state index contributed by atoms with van der Waals surface area (Å²) < 4.78 is 23.8. The van der Waals surface area contributed by atoms with Gasteiger partial charge in [-0.05, 0) is 62.1 Å². The maximum absolute atomic E-state index is 6.09. The van der Waals surface area contributed by atoms with Gasteiger partial charge in [0.05, 0.1) is 13.2 Å². The van der Waals surface area contributed by atoms with Crippen LogP contribution in [0.3, 0.4) is 0 Å². The summed E-state index contributed by atoms with van der Waals surface area (Å²) in [5, 5.41) is 0. The van der Waals surface area contributed by atoms with E-state index in [1.54, 1.807) is 14.2 Å². The zero-order valence-electron chi connectivity index (χ0n) is 19.5. The van der Waals surface area contributed by atoms with Gasteiger partial charge < -0.3 is 18.9 Å². The highest BCUT2D eigenvalue weighted by Gasteiger charge is 2.48. The fourth-order valence-corrected chi connectivity index (χ4v) is 3.58. The monoisotopic (exact) mass is 414 g/mol. The van der Waals surface area contributed by atoms with Gasteiger partial charge in [0, 0.05) is 14.2 Å². The lowest BCUT2D eigenvalue weighted by molar-refractivity contribution is -0.180. The number of methoxy groups -OCH3 is 2. The molecule has 0 aliphatic heterocycles. The number of rotatable bonds is 13. The molecule has 0 N–H and O–H groups in total. The topological polar surface area (TPSA) is 36.9 Å². The number of hydrogen-bond acceptors (Lipinski definition) is 4. The normalized spacial score (nSPS) is 15.3. The second kappa shape index (κ2) is 11.4. The Kier molecular flexibility index (Phi) is 9.19. The van der Waals surface area contributed by atoms with Crippen LogP contribution in [0, 0.1) is 0 Å². The minimum absolute atomic E-state index is 0.700. The van der Waals surface area contributed by atoms with Crippen molar-refractivity contribution >= 4 is 0 Å². The molecule has 4 heteroatoms. The molecule has 4 nitrogen and oxygen atoms in total. The van der Waals surface area contributed by atoms with Crippen molar-refractivity contribution in [1.29, 1.82) is 0 Å². The molecule has 2 aromatic rings. The number of benzene rings is 2. The van der Waals surface area contributed by atoms with Crippen LogP contribution in [-0.4, -0.2) is 27.4 Å². The van der Waals surface area contributed by atoms with Crippen molar-refractivity contribution in [2.24, 2.45) is 0 Å². The average molecular weight is 415 g/mol. The van der Waals surface area contributed by atoms with Crippen LogP contribution < -0.4 is 9.47 Å². The molecular weight excluding hydrogens is 376 g/mol. The van der Waals surface area contributed by atoms with Crippen molar-refractivity contribution in [2.45, 2.75) is 64.6 Å². The van der Waals surface area contributed by atoms with Gasteiger partial charge in [-0.1, -0.05) is 51.0 Å². The summed E-state index contributed by atoms with van der Waals surface area (Å²) in [7, 11) is 3.45. The highest BCUT2D eigenvalue weighted by Crippen LogP contribution is 2.46. The molecule has 0 saturated carbocycles. The van der Waals surface area contributed by atoms with Gasteiger partial charge in [0.25, 0.3) is 0 Å². The fraction of sp³-hybridized carbons (Fsp3) is 0.538. The molecule has 30 heavy (non-hydrogen) atoms. The second-order valence-corrected chi connectivity index (χ2v) is 7.93. The van der Waals surface area contributed by atoms with Crippen LogP contribution in [0.5, 0.6) is 11.5 Å². The van der Waals surface area contributed by atoms with Crippen LogP contribution in [0.1, 0.15) is 64.5 Å². The molecule has 0 amide bonds. The quantitative estimate of drug-likeness (QED) is 0.352. The SMILES string of the molecule is CCCCOc1ccc(C(C)(OC)C(C)(OC)c2ccc(OCCCC)cc2)cc1. The molecule has 2 aromatic carbocycles. The van der Waals surface area contributed by atoms with E-state index in [4.69, 9.17) is 18.9 Å². The van der Waals surface area contributed by atoms with E-state index in [0.717, 1.165) is 61.5 Å². The molecule has 166 valence electrons. The molecule has 0 aromatic heterocycles. The second-order valence-electron chi connectivity index (χ2n) is 7.93. The third-order valence-corrected chi connectivity index (χ3v) is 6.07. The van der Waals surface area contributed by atoms with Crippen LogP contribution >= 0.6 is 0 Å². The first kappa shape index (κ1) is 24.2. The summed E-state index contributed by atoms with van der Waals surface area (Å²) >= 11 is 0. The molecule has 0 spiro atoms. The first-order valence-corrected chi connectivity index (χ1v) is 11.0. The van der Waals surface area contributed by atoms with E-state index in [0.29, 0.717) is 0 Å². The van der Waals surface area contributed by atoms with Crippen LogP contribution in [-0.2, 0) is 20.7 Å². The first-order chi connectivity index (χ1) is 14.4. The molecule has 0 radical (unpaired) electrons. The third kappa shape index (κ3) is 5.35. The van der Waals surface area contributed by atoms with Gasteiger partial charge in [0.1, 0.15) is 22.7 Å². The molecule has 0 bridgehead atoms. The largest absolute Gasteiger partial charge is 0.494 e. The van der Waals surface area contributed by atoms with Crippen molar-refractivity contribution < 1.29 is 18.9 Å². The predicted molar refractivity (Wildman–Crippen MR) is 122 cm³/mol. The Labute approximate surface area is 182 Å². The van der Waals surface area contributed by atoms with Crippen LogP contribution in [0.25, 0.3) is 0 Å². The van der Waals surface area contributed by atoms with E-state index in [2.05, 4.69) is 52.0 Å². The molecule has 0 aliphatic carbocycles. The Bertz CT molecular complexity index is 675. The van der Waals surface area contributed by atoms with Crippen molar-refractivity contribution in [2.75, 3.05) is 27.4 Å². The summed E-state index contributed by atoms with van der Waals surface area (Å²) in [6, 6.07) is 16.3. The summed E-state index contributed by atoms with van der Waals surface area (Å²) in [6.45, 7) is 9.92. The molecule has 2 unspecified atom stereocenters. The van der Waals surface area contributed by atoms with Crippen LogP contribution in [0.2, 0.25) is 0 Å². The highest BCUT2D eigenvalue weighted by atomic mass is 16.5. The van der Waals surface area contributed by atoms with E-state index >= 15 is 0 Å². The molecular formula is C26H38O4. The minimum Gasteiger partial charge on any atom is -0.494 e. The van der Waals surface area contributed by atoms with E-state index in [1.165, 1.54) is 0 Å². The van der Waals surface area contributed by atoms with Gasteiger partial charge >= 0.3 is 0 Å². The van der Waals surface area contributed by atoms with E-state index < -0.39 is 11.2 Å². The maximum atomic E-state index is 6.09. The van der Waals surface area contributed by atoms with E-state index in [-0.39, 0.29) is 0 Å². The highest BCUT2D eigenvalue weighted by molar-refractivity contribution is 5.38. The molecule has 2 atom stereocenters. The maximum Gasteiger partial charge on any atom is 0.123 e. The Morgan fingerprint density at radius 1 is 0.600 bits per heavy atom. The standard InChI is InChI=1S/C26H38O4/c1-7-9-19-29-23-15-11-21(12-16-23)25(3,27-5)26(4,28-6)22-13-17-24(18-14-22)30-20-10-8-2/h11-18H,7-10,19-20H2,1-6H3. The van der Waals surface area contributed by atoms with Crippen LogP contribution in [0.15, 0.2) is 48.5 Å². The van der Waals surface area contributed by atoms with Crippen molar-refractivity contribution in [1.82, 2.24) is 0 Å². The Morgan fingerprint density at radius 3 is 1.20 bits per heavy atom. The summed E-state index contributed by atoms with van der Waals surface area (Å²) in [4.78, 5) is 0. The summed E-state index contributed by atoms with van der Waals surface area (Å²) in [5.41, 5.74) is 0.656. The predicted octanol–water partition coefficient (Wildman–Crippen LogP) is 6.47. The minimum atomic E-state index is -0.700. The lowest BCUT2D eigenvalue weighted by Crippen LogP contribution is -2.48. The zero-order chi connectivity index (χ0) is 22.0. The van der Waals surface area contributed by atoms with Gasteiger partial charge in [-0.2, -0.15) is 0 Å². The van der Waals surface area contributed by atoms with Gasteiger partial charge in [0.2, 0.25) is 0 Å². The third-order valence-electron chi connectivity index (χ3n) is 6.07. The van der Waals surface area contributed by atoms with Gasteiger partial charge in [-0.25, -0.2) is 0 Å². The van der Waals surface area contributed by atoms with Crippen LogP contribution in [0.4, 0.5) is 0 Å². The lowest BCUT2D eigenvalue weighted by atomic mass is 9.75. The molecule has 2 rings (SSSR count). The molecule has 0 fully saturated rings. The van der Waals surface area contributed by atoms with E-state index in [9.17, 15) is 0 Å². The molecule has 0 saturated heterocycles. The van der Waals surface area contributed by atoms with Gasteiger partial charge in [0.15, 0.2) is 0 Å². The lowest BCUT2D eigenvalue weighted by Gasteiger charge is -2.45. The zero-order valence-corrected chi connectivity index (χ0v) is 19.5. The summed E-state index contributed by atoms with van der Waals surface area (Å²) in [5.74, 6) is 1.75. The first-order valence-electron chi connectivity index (χ1n) is 11.0.